The molecule has 0 radical (unpaired) electrons. The van der Waals surface area contributed by atoms with Crippen molar-refractivity contribution in [2.75, 3.05) is 23.3 Å². The van der Waals surface area contributed by atoms with Crippen LogP contribution in [0.5, 0.6) is 0 Å². The summed E-state index contributed by atoms with van der Waals surface area (Å²) in [6, 6.07) is 18.5. The molecule has 1 heterocycles. The predicted molar refractivity (Wildman–Crippen MR) is 134 cm³/mol. The molecule has 3 rings (SSSR count). The number of benzene rings is 2. The van der Waals surface area contributed by atoms with Crippen LogP contribution in [0.3, 0.4) is 0 Å². The van der Waals surface area contributed by atoms with Crippen molar-refractivity contribution in [1.82, 2.24) is 4.90 Å². The van der Waals surface area contributed by atoms with Gasteiger partial charge in [-0.15, -0.1) is 0 Å². The molecule has 0 saturated carbocycles. The van der Waals surface area contributed by atoms with Gasteiger partial charge >= 0.3 is 6.09 Å². The van der Waals surface area contributed by atoms with E-state index < -0.39 is 11.7 Å². The first-order chi connectivity index (χ1) is 15.7. The van der Waals surface area contributed by atoms with Gasteiger partial charge in [-0.05, 0) is 70.4 Å². The zero-order valence-corrected chi connectivity index (χ0v) is 20.5. The maximum atomic E-state index is 12.9. The van der Waals surface area contributed by atoms with Crippen LogP contribution in [0.1, 0.15) is 65.5 Å². The quantitative estimate of drug-likeness (QED) is 0.585. The minimum atomic E-state index is -0.554. The van der Waals surface area contributed by atoms with E-state index in [4.69, 9.17) is 4.74 Å². The van der Waals surface area contributed by atoms with Crippen LogP contribution in [-0.2, 0) is 9.53 Å². The third-order valence-electron chi connectivity index (χ3n) is 6.06. The van der Waals surface area contributed by atoms with Crippen molar-refractivity contribution in [3.8, 4) is 0 Å². The molecule has 1 N–H and O–H groups in total. The second kappa shape index (κ2) is 10.8. The molecule has 33 heavy (non-hydrogen) atoms. The largest absolute Gasteiger partial charge is 0.444 e. The molecule has 0 aromatic heterocycles. The molecule has 0 bridgehead atoms. The van der Waals surface area contributed by atoms with Gasteiger partial charge in [-0.1, -0.05) is 37.3 Å². The molecule has 2 amide bonds. The molecule has 1 saturated heterocycles. The van der Waals surface area contributed by atoms with Crippen molar-refractivity contribution >= 4 is 23.4 Å². The zero-order valence-electron chi connectivity index (χ0n) is 20.5. The zero-order chi connectivity index (χ0) is 24.0. The Bertz CT molecular complexity index is 914. The summed E-state index contributed by atoms with van der Waals surface area (Å²) < 4.78 is 5.31. The van der Waals surface area contributed by atoms with Gasteiger partial charge in [0.05, 0.1) is 0 Å². The third kappa shape index (κ3) is 6.81. The van der Waals surface area contributed by atoms with Crippen LogP contribution in [0.2, 0.25) is 0 Å². The number of nitrogens with one attached hydrogen (secondary N) is 1. The van der Waals surface area contributed by atoms with Gasteiger partial charge in [0.25, 0.3) is 0 Å². The minimum absolute atomic E-state index is 0.123. The molecule has 6 nitrogen and oxygen atoms in total. The van der Waals surface area contributed by atoms with E-state index in [1.165, 1.54) is 5.56 Å². The molecule has 2 aromatic carbocycles. The lowest BCUT2D eigenvalue weighted by Gasteiger charge is -2.41. The fourth-order valence-electron chi connectivity index (χ4n) is 4.33. The monoisotopic (exact) mass is 451 g/mol. The maximum Gasteiger partial charge on any atom is 0.412 e. The van der Waals surface area contributed by atoms with Gasteiger partial charge in [0.15, 0.2) is 0 Å². The Morgan fingerprint density at radius 1 is 1.06 bits per heavy atom. The highest BCUT2D eigenvalue weighted by atomic mass is 16.6. The maximum absolute atomic E-state index is 12.9. The number of hydrogen-bond donors (Lipinski definition) is 1. The fourth-order valence-corrected chi connectivity index (χ4v) is 4.33. The van der Waals surface area contributed by atoms with E-state index in [9.17, 15) is 9.59 Å². The summed E-state index contributed by atoms with van der Waals surface area (Å²) in [5.41, 5.74) is 2.28. The average molecular weight is 452 g/mol. The van der Waals surface area contributed by atoms with Crippen molar-refractivity contribution in [1.29, 1.82) is 0 Å². The van der Waals surface area contributed by atoms with E-state index in [2.05, 4.69) is 41.4 Å². The van der Waals surface area contributed by atoms with Crippen molar-refractivity contribution < 1.29 is 14.3 Å². The van der Waals surface area contributed by atoms with E-state index >= 15 is 0 Å². The number of carbonyl (C=O) groups is 2. The number of likely N-dealkylation sites (tertiary alicyclic amines) is 1. The number of nitrogens with zero attached hydrogens (tertiary/aromatic N) is 2. The van der Waals surface area contributed by atoms with E-state index in [0.717, 1.165) is 31.6 Å². The highest BCUT2D eigenvalue weighted by molar-refractivity contribution is 5.94. The Morgan fingerprint density at radius 3 is 2.21 bits per heavy atom. The normalized spacial score (nSPS) is 16.2. The van der Waals surface area contributed by atoms with Gasteiger partial charge in [-0.2, -0.15) is 0 Å². The summed E-state index contributed by atoms with van der Waals surface area (Å²) >= 11 is 0. The summed E-state index contributed by atoms with van der Waals surface area (Å²) in [5, 5.41) is 2.75. The smallest absolute Gasteiger partial charge is 0.412 e. The van der Waals surface area contributed by atoms with E-state index in [0.29, 0.717) is 18.2 Å². The van der Waals surface area contributed by atoms with Gasteiger partial charge < -0.3 is 9.64 Å². The molecule has 2 aromatic rings. The third-order valence-corrected chi connectivity index (χ3v) is 6.06. The number of hydrogen-bond acceptors (Lipinski definition) is 4. The highest BCUT2D eigenvalue weighted by Crippen LogP contribution is 2.29. The lowest BCUT2D eigenvalue weighted by Crippen LogP contribution is -2.48. The number of amides is 2. The van der Waals surface area contributed by atoms with Gasteiger partial charge in [0.2, 0.25) is 5.91 Å². The van der Waals surface area contributed by atoms with E-state index in [1.54, 1.807) is 0 Å². The molecule has 1 aliphatic rings. The molecule has 178 valence electrons. The molecular weight excluding hydrogens is 414 g/mol. The van der Waals surface area contributed by atoms with Crippen LogP contribution in [0.15, 0.2) is 54.6 Å². The van der Waals surface area contributed by atoms with Crippen LogP contribution in [0.25, 0.3) is 0 Å². The van der Waals surface area contributed by atoms with Gasteiger partial charge in [-0.25, -0.2) is 4.79 Å². The van der Waals surface area contributed by atoms with Crippen molar-refractivity contribution in [2.45, 2.75) is 71.6 Å². The minimum Gasteiger partial charge on any atom is -0.444 e. The fraction of sp³-hybridized carbons (Fsp3) is 0.481. The van der Waals surface area contributed by atoms with Crippen molar-refractivity contribution in [3.63, 3.8) is 0 Å². The topological polar surface area (TPSA) is 61.9 Å². The molecule has 0 aliphatic carbocycles. The highest BCUT2D eigenvalue weighted by Gasteiger charge is 2.30. The molecule has 1 unspecified atom stereocenters. The standard InChI is InChI=1S/C27H37N3O3/c1-6-25(31)30(23-14-12-22(13-15-23)28-26(32)33-27(3,4)5)24-16-18-29(19-17-24)20(2)21-10-8-7-9-11-21/h7-15,20,24H,6,16-19H2,1-5H3,(H,28,32). The Balaban J connectivity index is 1.66. The SMILES string of the molecule is CCC(=O)N(c1ccc(NC(=O)OC(C)(C)C)cc1)C1CCN(C(C)c2ccccc2)CC1. The summed E-state index contributed by atoms with van der Waals surface area (Å²) in [4.78, 5) is 29.4. The van der Waals surface area contributed by atoms with Crippen molar-refractivity contribution in [3.05, 3.63) is 60.2 Å². The summed E-state index contributed by atoms with van der Waals surface area (Å²) in [5.74, 6) is 0.123. The molecule has 6 heteroatoms. The lowest BCUT2D eigenvalue weighted by molar-refractivity contribution is -0.119. The molecular formula is C27H37N3O3. The number of ether oxygens (including phenoxy) is 1. The average Bonchev–Trinajstić information content (AvgIpc) is 2.79. The van der Waals surface area contributed by atoms with Crippen LogP contribution in [0, 0.1) is 0 Å². The number of piperidine rings is 1. The second-order valence-electron chi connectivity index (χ2n) is 9.64. The summed E-state index contributed by atoms with van der Waals surface area (Å²) in [6.07, 6.45) is 1.83. The number of anilines is 2. The van der Waals surface area contributed by atoms with E-state index in [1.807, 2.05) is 62.9 Å². The summed E-state index contributed by atoms with van der Waals surface area (Å²) in [7, 11) is 0. The second-order valence-corrected chi connectivity index (χ2v) is 9.64. The van der Waals surface area contributed by atoms with Gasteiger partial charge in [-0.3, -0.25) is 15.0 Å². The van der Waals surface area contributed by atoms with Crippen LogP contribution in [0.4, 0.5) is 16.2 Å². The Labute approximate surface area is 197 Å². The van der Waals surface area contributed by atoms with Crippen LogP contribution < -0.4 is 10.2 Å². The van der Waals surface area contributed by atoms with Gasteiger partial charge in [0.1, 0.15) is 5.60 Å². The molecule has 1 aliphatic heterocycles. The van der Waals surface area contributed by atoms with Crippen molar-refractivity contribution in [2.24, 2.45) is 0 Å². The molecule has 0 spiro atoms. The predicted octanol–water partition coefficient (Wildman–Crippen LogP) is 6.00. The van der Waals surface area contributed by atoms with Crippen LogP contribution in [-0.4, -0.2) is 41.6 Å². The Hall–Kier alpha value is -2.86. The first kappa shape index (κ1) is 24.8. The Morgan fingerprint density at radius 2 is 1.67 bits per heavy atom. The van der Waals surface area contributed by atoms with Crippen LogP contribution >= 0.6 is 0 Å². The van der Waals surface area contributed by atoms with Gasteiger partial charge in [0, 0.05) is 43.0 Å². The Kier molecular flexibility index (Phi) is 8.14. The first-order valence-corrected chi connectivity index (χ1v) is 11.9. The number of rotatable bonds is 6. The molecule has 1 fully saturated rings. The number of carbonyl (C=O) groups excluding carboxylic acids is 2. The van der Waals surface area contributed by atoms with E-state index in [-0.39, 0.29) is 11.9 Å². The molecule has 1 atom stereocenters. The first-order valence-electron chi connectivity index (χ1n) is 11.9. The lowest BCUT2D eigenvalue weighted by atomic mass is 9.98. The summed E-state index contributed by atoms with van der Waals surface area (Å²) in [6.45, 7) is 11.5.